The fraction of sp³-hybridized carbons (Fsp3) is 0.421. The Morgan fingerprint density at radius 1 is 1.19 bits per heavy atom. The van der Waals surface area contributed by atoms with E-state index in [-0.39, 0.29) is 11.0 Å². The molecule has 0 aliphatic carbocycles. The van der Waals surface area contributed by atoms with E-state index in [1.54, 1.807) is 13.0 Å². The molecule has 0 radical (unpaired) electrons. The number of rotatable bonds is 4. The Hall–Kier alpha value is -1.89. The maximum absolute atomic E-state index is 12.9. The van der Waals surface area contributed by atoms with Gasteiger partial charge in [0.1, 0.15) is 11.5 Å². The summed E-state index contributed by atoms with van der Waals surface area (Å²) in [6.07, 6.45) is -4.44. The number of aryl methyl sites for hydroxylation is 1. The van der Waals surface area contributed by atoms with E-state index in [1.807, 2.05) is 27.7 Å². The van der Waals surface area contributed by atoms with Gasteiger partial charge in [0.2, 0.25) is 0 Å². The van der Waals surface area contributed by atoms with Gasteiger partial charge in [-0.3, -0.25) is 4.79 Å². The third kappa shape index (κ3) is 4.63. The molecule has 3 nitrogen and oxygen atoms in total. The highest BCUT2D eigenvalue weighted by molar-refractivity contribution is 7.99. The number of hydrogen-bond donors (Lipinski definition) is 1. The first-order chi connectivity index (χ1) is 11.9. The van der Waals surface area contributed by atoms with E-state index in [1.165, 1.54) is 17.8 Å². The number of carbonyl (C=O) groups excluding carboxylic acids is 1. The summed E-state index contributed by atoms with van der Waals surface area (Å²) in [6, 6.07) is 4.92. The molecule has 0 aliphatic heterocycles. The standard InChI is InChI=1S/C19H22F3NO2S/c1-6-26-15-9-12(19(20,21)22)7-8-13(15)17(24)23-14-10-16(18(3,4)5)25-11(14)2/h7-10H,6H2,1-5H3,(H,23,24). The summed E-state index contributed by atoms with van der Waals surface area (Å²) in [7, 11) is 0. The number of alkyl halides is 3. The molecule has 26 heavy (non-hydrogen) atoms. The predicted molar refractivity (Wildman–Crippen MR) is 97.9 cm³/mol. The highest BCUT2D eigenvalue weighted by Crippen LogP contribution is 2.35. The zero-order valence-corrected chi connectivity index (χ0v) is 16.2. The van der Waals surface area contributed by atoms with E-state index < -0.39 is 17.6 Å². The van der Waals surface area contributed by atoms with Crippen molar-refractivity contribution in [1.29, 1.82) is 0 Å². The van der Waals surface area contributed by atoms with Gasteiger partial charge in [0.15, 0.2) is 0 Å². The molecular weight excluding hydrogens is 363 g/mol. The SMILES string of the molecule is CCSc1cc(C(F)(F)F)ccc1C(=O)Nc1cc(C(C)(C)C)oc1C. The molecule has 0 saturated carbocycles. The summed E-state index contributed by atoms with van der Waals surface area (Å²) in [6.45, 7) is 9.52. The van der Waals surface area contributed by atoms with Crippen LogP contribution in [-0.4, -0.2) is 11.7 Å². The second-order valence-electron chi connectivity index (χ2n) is 6.93. The molecule has 1 amide bonds. The van der Waals surface area contributed by atoms with E-state index in [4.69, 9.17) is 4.42 Å². The van der Waals surface area contributed by atoms with Gasteiger partial charge in [-0.1, -0.05) is 27.7 Å². The fourth-order valence-corrected chi connectivity index (χ4v) is 3.16. The Morgan fingerprint density at radius 2 is 1.85 bits per heavy atom. The molecule has 142 valence electrons. The van der Waals surface area contributed by atoms with Crippen LogP contribution in [0, 0.1) is 6.92 Å². The van der Waals surface area contributed by atoms with E-state index in [0.717, 1.165) is 17.9 Å². The average molecular weight is 385 g/mol. The van der Waals surface area contributed by atoms with Crippen molar-refractivity contribution in [1.82, 2.24) is 0 Å². The van der Waals surface area contributed by atoms with Crippen LogP contribution in [0.5, 0.6) is 0 Å². The van der Waals surface area contributed by atoms with E-state index in [0.29, 0.717) is 22.1 Å². The molecule has 0 unspecified atom stereocenters. The molecule has 1 heterocycles. The normalized spacial score (nSPS) is 12.3. The largest absolute Gasteiger partial charge is 0.464 e. The van der Waals surface area contributed by atoms with Crippen LogP contribution in [0.2, 0.25) is 0 Å². The molecular formula is C19H22F3NO2S. The van der Waals surface area contributed by atoms with Crippen LogP contribution >= 0.6 is 11.8 Å². The van der Waals surface area contributed by atoms with Gasteiger partial charge in [0, 0.05) is 16.4 Å². The van der Waals surface area contributed by atoms with Gasteiger partial charge in [0.05, 0.1) is 16.8 Å². The summed E-state index contributed by atoms with van der Waals surface area (Å²) in [4.78, 5) is 12.9. The van der Waals surface area contributed by atoms with Crippen molar-refractivity contribution < 1.29 is 22.4 Å². The number of halogens is 3. The Bertz CT molecular complexity index is 804. The molecule has 1 aromatic carbocycles. The van der Waals surface area contributed by atoms with Crippen LogP contribution in [-0.2, 0) is 11.6 Å². The van der Waals surface area contributed by atoms with Crippen molar-refractivity contribution in [2.24, 2.45) is 0 Å². The quantitative estimate of drug-likeness (QED) is 0.631. The highest BCUT2D eigenvalue weighted by atomic mass is 32.2. The molecule has 1 N–H and O–H groups in total. The molecule has 0 bridgehead atoms. The van der Waals surface area contributed by atoms with Crippen molar-refractivity contribution >= 4 is 23.4 Å². The number of furan rings is 1. The molecule has 0 saturated heterocycles. The smallest absolute Gasteiger partial charge is 0.416 e. The predicted octanol–water partition coefficient (Wildman–Crippen LogP) is 6.27. The number of thioether (sulfide) groups is 1. The first-order valence-electron chi connectivity index (χ1n) is 8.19. The maximum atomic E-state index is 12.9. The second-order valence-corrected chi connectivity index (χ2v) is 8.23. The summed E-state index contributed by atoms with van der Waals surface area (Å²) in [5.74, 6) is 1.38. The summed E-state index contributed by atoms with van der Waals surface area (Å²) >= 11 is 1.20. The lowest BCUT2D eigenvalue weighted by Crippen LogP contribution is -2.15. The monoisotopic (exact) mass is 385 g/mol. The van der Waals surface area contributed by atoms with Gasteiger partial charge >= 0.3 is 6.18 Å². The second kappa shape index (κ2) is 7.39. The van der Waals surface area contributed by atoms with Gasteiger partial charge in [-0.15, -0.1) is 11.8 Å². The minimum atomic E-state index is -4.44. The Balaban J connectivity index is 2.34. The number of nitrogens with one attached hydrogen (secondary N) is 1. The Kier molecular flexibility index (Phi) is 5.80. The zero-order chi connectivity index (χ0) is 19.7. The number of hydrogen-bond acceptors (Lipinski definition) is 3. The topological polar surface area (TPSA) is 42.2 Å². The number of amides is 1. The lowest BCUT2D eigenvalue weighted by molar-refractivity contribution is -0.137. The Morgan fingerprint density at radius 3 is 2.35 bits per heavy atom. The van der Waals surface area contributed by atoms with Crippen LogP contribution < -0.4 is 5.32 Å². The van der Waals surface area contributed by atoms with Gasteiger partial charge in [-0.25, -0.2) is 0 Å². The minimum absolute atomic E-state index is 0.211. The molecule has 0 spiro atoms. The lowest BCUT2D eigenvalue weighted by atomic mass is 9.93. The highest BCUT2D eigenvalue weighted by Gasteiger charge is 2.31. The minimum Gasteiger partial charge on any atom is -0.464 e. The molecule has 7 heteroatoms. The van der Waals surface area contributed by atoms with Crippen LogP contribution in [0.3, 0.4) is 0 Å². The fourth-order valence-electron chi connectivity index (χ4n) is 2.33. The first kappa shape index (κ1) is 20.4. The molecule has 1 aromatic heterocycles. The summed E-state index contributed by atoms with van der Waals surface area (Å²) < 4.78 is 44.5. The van der Waals surface area contributed by atoms with Crippen LogP contribution in [0.25, 0.3) is 0 Å². The van der Waals surface area contributed by atoms with Crippen molar-refractivity contribution in [2.45, 2.75) is 51.1 Å². The lowest BCUT2D eigenvalue weighted by Gasteiger charge is -2.13. The van der Waals surface area contributed by atoms with Gasteiger partial charge in [-0.05, 0) is 30.9 Å². The van der Waals surface area contributed by atoms with Gasteiger partial charge in [0.25, 0.3) is 5.91 Å². The third-order valence-corrected chi connectivity index (χ3v) is 4.70. The van der Waals surface area contributed by atoms with E-state index in [9.17, 15) is 18.0 Å². The first-order valence-corrected chi connectivity index (χ1v) is 9.18. The van der Waals surface area contributed by atoms with Crippen LogP contribution in [0.1, 0.15) is 55.1 Å². The molecule has 2 aromatic rings. The summed E-state index contributed by atoms with van der Waals surface area (Å²) in [5, 5.41) is 2.75. The maximum Gasteiger partial charge on any atom is 0.416 e. The average Bonchev–Trinajstić information content (AvgIpc) is 2.88. The third-order valence-electron chi connectivity index (χ3n) is 3.76. The molecule has 0 atom stereocenters. The van der Waals surface area contributed by atoms with Gasteiger partial charge in [-0.2, -0.15) is 13.2 Å². The molecule has 0 aliphatic rings. The van der Waals surface area contributed by atoms with Crippen molar-refractivity contribution in [3.63, 3.8) is 0 Å². The van der Waals surface area contributed by atoms with Crippen LogP contribution in [0.4, 0.5) is 18.9 Å². The van der Waals surface area contributed by atoms with Gasteiger partial charge < -0.3 is 9.73 Å². The van der Waals surface area contributed by atoms with Crippen LogP contribution in [0.15, 0.2) is 33.6 Å². The van der Waals surface area contributed by atoms with E-state index >= 15 is 0 Å². The van der Waals surface area contributed by atoms with E-state index in [2.05, 4.69) is 5.32 Å². The zero-order valence-electron chi connectivity index (χ0n) is 15.4. The number of benzene rings is 1. The van der Waals surface area contributed by atoms with Crippen molar-refractivity contribution in [2.75, 3.05) is 11.1 Å². The van der Waals surface area contributed by atoms with Crippen molar-refractivity contribution in [3.8, 4) is 0 Å². The van der Waals surface area contributed by atoms with Crippen molar-refractivity contribution in [3.05, 3.63) is 46.9 Å². The Labute approximate surface area is 155 Å². The molecule has 2 rings (SSSR count). The summed E-state index contributed by atoms with van der Waals surface area (Å²) in [5.41, 5.74) is -0.250. The molecule has 0 fully saturated rings. The number of anilines is 1. The number of carbonyl (C=O) groups is 1.